The van der Waals surface area contributed by atoms with Crippen LogP contribution in [0, 0.1) is 0 Å². The zero-order valence-electron chi connectivity index (χ0n) is 54.0. The molecule has 0 bridgehead atoms. The number of hydrogen-bond acceptors (Lipinski definition) is 13. The minimum absolute atomic E-state index is 0. The summed E-state index contributed by atoms with van der Waals surface area (Å²) in [5, 5.41) is 45.0. The van der Waals surface area contributed by atoms with E-state index in [2.05, 4.69) is 177 Å². The maximum absolute atomic E-state index is 9.63. The third-order valence-electron chi connectivity index (χ3n) is 17.2. The summed E-state index contributed by atoms with van der Waals surface area (Å²) in [6, 6.07) is 0. The lowest BCUT2D eigenvalue weighted by Gasteiger charge is -2.34. The van der Waals surface area contributed by atoms with E-state index in [1.54, 1.807) is 0 Å². The topological polar surface area (TPSA) is 241 Å². The molecule has 0 saturated heterocycles. The van der Waals surface area contributed by atoms with Crippen molar-refractivity contribution >= 4 is 43.9 Å². The smallest absolute Gasteiger partial charge is 0.175 e. The van der Waals surface area contributed by atoms with Gasteiger partial charge in [-0.1, -0.05) is 0 Å². The first-order chi connectivity index (χ1) is 34.6. The fraction of sp³-hybridized carbons (Fsp3) is 0.927. The number of aliphatic hydroxyl groups excluding tert-OH is 2. The highest BCUT2D eigenvalue weighted by molar-refractivity contribution is 8.26. The number of ketones is 1. The fourth-order valence-electron chi connectivity index (χ4n) is 8.31. The maximum Gasteiger partial charge on any atom is 0.175 e. The van der Waals surface area contributed by atoms with E-state index in [4.69, 9.17) is 23.5 Å². The van der Waals surface area contributed by atoms with Crippen molar-refractivity contribution in [3.63, 3.8) is 0 Å². The molecule has 2 unspecified atom stereocenters. The normalized spacial score (nSPS) is 12.0. The predicted octanol–water partition coefficient (Wildman–Crippen LogP) is 0.828. The summed E-state index contributed by atoms with van der Waals surface area (Å²) in [4.78, 5) is 38.0. The van der Waals surface area contributed by atoms with E-state index in [0.717, 1.165) is 6.92 Å². The van der Waals surface area contributed by atoms with Gasteiger partial charge in [-0.15, -0.1) is 9.05 Å². The molecule has 2 atom stereocenters. The van der Waals surface area contributed by atoms with Crippen LogP contribution in [0.2, 0.25) is 0 Å². The molecule has 0 rings (SSSR count). The number of rotatable bonds is 28. The molecule has 0 aliphatic heterocycles. The number of carbonyl (C=O) groups is 4. The van der Waals surface area contributed by atoms with Gasteiger partial charge in [-0.2, -0.15) is 0 Å². The van der Waals surface area contributed by atoms with Crippen LogP contribution in [0.25, 0.3) is 0 Å². The van der Waals surface area contributed by atoms with Crippen LogP contribution in [0.3, 0.4) is 0 Å². The van der Waals surface area contributed by atoms with Crippen molar-refractivity contribution in [3.05, 3.63) is 0 Å². The number of carbonyl (C=O) groups excluding carboxylic acids is 4. The van der Waals surface area contributed by atoms with Gasteiger partial charge in [-0.25, -0.2) is 0 Å². The molecule has 0 saturated carbocycles. The van der Waals surface area contributed by atoms with Gasteiger partial charge < -0.3 is 92.9 Å². The summed E-state index contributed by atoms with van der Waals surface area (Å²) >= 11 is 3.24. The summed E-state index contributed by atoms with van der Waals surface area (Å²) < 4.78 is 34.3. The number of aliphatic carboxylic acids is 3. The molecule has 0 spiro atoms. The number of carboxylic acid groups (broad SMARTS) is 3. The Kier molecular flexibility index (Phi) is 72.3. The third-order valence-corrected chi connectivity index (χ3v) is 17.2. The van der Waals surface area contributed by atoms with Crippen LogP contribution in [0.5, 0.6) is 0 Å². The predicted molar refractivity (Wildman–Crippen MR) is 309 cm³/mol. The van der Waals surface area contributed by atoms with Crippen molar-refractivity contribution in [2.75, 3.05) is 157 Å². The molecule has 0 heterocycles. The first-order valence-electron chi connectivity index (χ1n) is 28.8. The van der Waals surface area contributed by atoms with Crippen LogP contribution in [-0.4, -0.2) is 243 Å². The lowest BCUT2D eigenvalue weighted by atomic mass is 10.2. The molecule has 0 fully saturated rings. The van der Waals surface area contributed by atoms with Crippen LogP contribution in [0.15, 0.2) is 0 Å². The molecule has 0 aliphatic carbocycles. The van der Waals surface area contributed by atoms with Gasteiger partial charge in [0.1, 0.15) is 18.2 Å². The van der Waals surface area contributed by atoms with E-state index < -0.39 is 45.0 Å². The summed E-state index contributed by atoms with van der Waals surface area (Å²) in [6.07, 6.45) is -4.88. The second-order valence-electron chi connectivity index (χ2n) is 18.4. The summed E-state index contributed by atoms with van der Waals surface area (Å²) in [7, 11) is -4.33. The van der Waals surface area contributed by atoms with Crippen molar-refractivity contribution < 1.29 is 102 Å². The van der Waals surface area contributed by atoms with Gasteiger partial charge in [0.25, 0.3) is 0 Å². The van der Waals surface area contributed by atoms with Gasteiger partial charge in [0.15, 0.2) is 5.78 Å². The Hall–Kier alpha value is -1.47. The highest BCUT2D eigenvalue weighted by Crippen LogP contribution is 2.07. The standard InChI is InChI=1S/6C8H20N.C4H6O6.C3H4O3.BrH.H2O3S2/c6*1-5-9(6-2,7-3)8-4;5-1(3(7)8)2(6)4(9)10;1-2(4)3(5)6;;1-5(2,3)4/h6*5-8H2,1-4H3;1-2,5-6H,(H,7,8)(H,9,10);1H3,(H,5,6);1H;(H2,1,2,3,4)/q6*+1;;;;/p-6. The Labute approximate surface area is 485 Å². The van der Waals surface area contributed by atoms with Crippen molar-refractivity contribution in [2.45, 2.75) is 185 Å². The number of halogens is 1. The number of hydrogen-bond donors (Lipinski definition) is 2. The molecule has 0 radical (unpaired) electrons. The second kappa shape index (κ2) is 56.8. The largest absolute Gasteiger partial charge is 1.00 e. The molecular formula is C55H127BrN6O12S2. The molecule has 21 heteroatoms. The van der Waals surface area contributed by atoms with Crippen molar-refractivity contribution in [3.8, 4) is 0 Å². The minimum atomic E-state index is -4.33. The third kappa shape index (κ3) is 49.6. The Balaban J connectivity index is -0.0000000809. The molecular weight excluding hydrogens is 1080 g/mol. The van der Waals surface area contributed by atoms with E-state index in [-0.39, 0.29) is 17.0 Å². The average molecular weight is 1210 g/mol. The molecule has 0 amide bonds. The minimum Gasteiger partial charge on any atom is -1.00 e. The summed E-state index contributed by atoms with van der Waals surface area (Å²) in [5.41, 5.74) is 0. The number of aliphatic hydroxyl groups is 2. The lowest BCUT2D eigenvalue weighted by Crippen LogP contribution is -3.00. The molecule has 0 aromatic heterocycles. The zero-order valence-corrected chi connectivity index (χ0v) is 57.2. The van der Waals surface area contributed by atoms with Crippen LogP contribution in [0.1, 0.15) is 173 Å². The molecule has 468 valence electrons. The molecule has 0 aliphatic rings. The van der Waals surface area contributed by atoms with Crippen LogP contribution >= 0.6 is 0 Å². The van der Waals surface area contributed by atoms with Crippen LogP contribution in [0.4, 0.5) is 0 Å². The quantitative estimate of drug-likeness (QED) is 0.0817. The average Bonchev–Trinajstić information content (AvgIpc) is 3.41. The van der Waals surface area contributed by atoms with E-state index >= 15 is 0 Å². The molecule has 0 aromatic carbocycles. The van der Waals surface area contributed by atoms with Gasteiger partial charge in [0.2, 0.25) is 0 Å². The van der Waals surface area contributed by atoms with Gasteiger partial charge in [-0.3, -0.25) is 9.00 Å². The number of nitrogens with zero attached hydrogens (tertiary/aromatic N) is 6. The van der Waals surface area contributed by atoms with E-state index in [0.29, 0.717) is 0 Å². The van der Waals surface area contributed by atoms with Crippen LogP contribution in [-0.2, 0) is 39.4 Å². The van der Waals surface area contributed by atoms with Crippen molar-refractivity contribution in [1.29, 1.82) is 0 Å². The number of quaternary nitrogens is 6. The molecule has 76 heavy (non-hydrogen) atoms. The van der Waals surface area contributed by atoms with Gasteiger partial charge >= 0.3 is 0 Å². The fourth-order valence-corrected chi connectivity index (χ4v) is 8.31. The highest BCUT2D eigenvalue weighted by Gasteiger charge is 2.20. The molecule has 2 N–H and O–H groups in total. The van der Waals surface area contributed by atoms with Gasteiger partial charge in [-0.05, 0) is 177 Å². The van der Waals surface area contributed by atoms with E-state index in [9.17, 15) is 34.5 Å². The van der Waals surface area contributed by atoms with Crippen LogP contribution < -0.4 is 32.3 Å². The summed E-state index contributed by atoms with van der Waals surface area (Å²) in [5.74, 6) is -6.68. The zero-order chi connectivity index (χ0) is 61.9. The van der Waals surface area contributed by atoms with Crippen molar-refractivity contribution in [2.24, 2.45) is 0 Å². The number of carboxylic acids is 3. The van der Waals surface area contributed by atoms with E-state index in [1.165, 1.54) is 184 Å². The highest BCUT2D eigenvalue weighted by atomic mass is 79.9. The Morgan fingerprint density at radius 1 is 0.342 bits per heavy atom. The van der Waals surface area contributed by atoms with Gasteiger partial charge in [0, 0.05) is 6.92 Å². The first kappa shape index (κ1) is 96.8. The maximum atomic E-state index is 9.63. The SMILES string of the molecule is CC(=O)C(=O)[O-].CC[N+](CC)(CC)CC.CC[N+](CC)(CC)CC.CC[N+](CC)(CC)CC.CC[N+](CC)(CC)CC.CC[N+](CC)(CC)CC.CC[N+](CC)(CC)CC.O=C([O-])C(O)C(O)C(=O)[O-].O=S([O-])([O-])=S.[Br-]. The molecule has 0 aromatic rings. The molecule has 18 nitrogen and oxygen atoms in total. The lowest BCUT2D eigenvalue weighted by molar-refractivity contribution is -0.921. The second-order valence-corrected chi connectivity index (χ2v) is 20.5. The van der Waals surface area contributed by atoms with Gasteiger partial charge in [0.05, 0.1) is 169 Å². The van der Waals surface area contributed by atoms with E-state index in [1.807, 2.05) is 0 Å². The Morgan fingerprint density at radius 3 is 0.421 bits per heavy atom. The monoisotopic (exact) mass is 1210 g/mol. The van der Waals surface area contributed by atoms with Crippen molar-refractivity contribution in [1.82, 2.24) is 0 Å². The number of Topliss-reactive ketones (excluding diaryl/α,β-unsaturated/α-hetero) is 1. The first-order valence-corrected chi connectivity index (χ1v) is 31.2. The summed E-state index contributed by atoms with van der Waals surface area (Å²) in [6.45, 7) is 86.3. The Bertz CT molecular complexity index is 1130. The Morgan fingerprint density at radius 2 is 0.408 bits per heavy atom.